The second-order valence-corrected chi connectivity index (χ2v) is 7.26. The van der Waals surface area contributed by atoms with Crippen LogP contribution in [0.4, 0.5) is 5.82 Å². The molecule has 0 unspecified atom stereocenters. The summed E-state index contributed by atoms with van der Waals surface area (Å²) < 4.78 is 5.09. The first-order chi connectivity index (χ1) is 13.8. The number of benzene rings is 1. The van der Waals surface area contributed by atoms with Crippen molar-refractivity contribution in [3.63, 3.8) is 0 Å². The van der Waals surface area contributed by atoms with Crippen LogP contribution in [0, 0.1) is 0 Å². The molecule has 0 radical (unpaired) electrons. The predicted molar refractivity (Wildman–Crippen MR) is 111 cm³/mol. The largest absolute Gasteiger partial charge is 0.385 e. The second-order valence-electron chi connectivity index (χ2n) is 7.26. The molecule has 0 atom stereocenters. The molecule has 1 saturated carbocycles. The van der Waals surface area contributed by atoms with E-state index in [0.717, 1.165) is 31.4 Å². The van der Waals surface area contributed by atoms with Crippen molar-refractivity contribution < 1.29 is 9.53 Å². The number of carbonyl (C=O) groups is 1. The Labute approximate surface area is 167 Å². The molecule has 0 saturated heterocycles. The Balaban J connectivity index is 1.78. The summed E-state index contributed by atoms with van der Waals surface area (Å²) >= 11 is 0. The summed E-state index contributed by atoms with van der Waals surface area (Å²) in [5.41, 5.74) is 1.30. The maximum atomic E-state index is 12.9. The van der Waals surface area contributed by atoms with E-state index >= 15 is 0 Å². The highest BCUT2D eigenvalue weighted by Crippen LogP contribution is 2.20. The Morgan fingerprint density at radius 2 is 1.86 bits per heavy atom. The number of aromatic nitrogens is 2. The van der Waals surface area contributed by atoms with E-state index in [1.54, 1.807) is 13.2 Å². The van der Waals surface area contributed by atoms with Gasteiger partial charge in [-0.2, -0.15) is 0 Å². The molecule has 6 heteroatoms. The van der Waals surface area contributed by atoms with E-state index in [4.69, 9.17) is 4.74 Å². The van der Waals surface area contributed by atoms with E-state index in [2.05, 4.69) is 20.6 Å². The van der Waals surface area contributed by atoms with Gasteiger partial charge >= 0.3 is 0 Å². The predicted octanol–water partition coefficient (Wildman–Crippen LogP) is 4.04. The van der Waals surface area contributed by atoms with Crippen LogP contribution in [0.1, 0.15) is 55.4 Å². The van der Waals surface area contributed by atoms with Gasteiger partial charge in [-0.15, -0.1) is 0 Å². The Morgan fingerprint density at radius 1 is 1.11 bits per heavy atom. The maximum absolute atomic E-state index is 12.9. The topological polar surface area (TPSA) is 76.1 Å². The number of nitrogens with one attached hydrogen (secondary N) is 2. The number of rotatable bonds is 8. The van der Waals surface area contributed by atoms with Crippen molar-refractivity contribution in [3.8, 4) is 11.4 Å². The van der Waals surface area contributed by atoms with Crippen LogP contribution in [0.5, 0.6) is 0 Å². The fraction of sp³-hybridized carbons (Fsp3) is 0.500. The van der Waals surface area contributed by atoms with E-state index < -0.39 is 0 Å². The normalized spacial score (nSPS) is 15.0. The molecular formula is C22H30N4O2. The zero-order valence-corrected chi connectivity index (χ0v) is 16.6. The zero-order chi connectivity index (χ0) is 19.6. The first-order valence-electron chi connectivity index (χ1n) is 10.2. The third kappa shape index (κ3) is 6.02. The molecule has 1 amide bonds. The van der Waals surface area contributed by atoms with Gasteiger partial charge in [0.15, 0.2) is 5.82 Å². The van der Waals surface area contributed by atoms with E-state index in [-0.39, 0.29) is 11.9 Å². The van der Waals surface area contributed by atoms with Crippen molar-refractivity contribution in [2.45, 2.75) is 51.0 Å². The molecule has 1 aromatic carbocycles. The molecule has 1 aromatic heterocycles. The van der Waals surface area contributed by atoms with Crippen LogP contribution in [-0.2, 0) is 4.74 Å². The number of anilines is 1. The fourth-order valence-electron chi connectivity index (χ4n) is 3.49. The van der Waals surface area contributed by atoms with Crippen molar-refractivity contribution in [2.24, 2.45) is 0 Å². The minimum atomic E-state index is -0.119. The highest BCUT2D eigenvalue weighted by Gasteiger charge is 2.18. The third-order valence-corrected chi connectivity index (χ3v) is 5.01. The quantitative estimate of drug-likeness (QED) is 0.532. The van der Waals surface area contributed by atoms with Gasteiger partial charge in [0, 0.05) is 37.9 Å². The number of nitrogens with zero attached hydrogens (tertiary/aromatic N) is 2. The maximum Gasteiger partial charge on any atom is 0.270 e. The van der Waals surface area contributed by atoms with Gasteiger partial charge in [0.2, 0.25) is 0 Å². The molecular weight excluding hydrogens is 352 g/mol. The van der Waals surface area contributed by atoms with Crippen LogP contribution in [0.3, 0.4) is 0 Å². The lowest BCUT2D eigenvalue weighted by Crippen LogP contribution is -2.35. The van der Waals surface area contributed by atoms with Gasteiger partial charge < -0.3 is 15.4 Å². The van der Waals surface area contributed by atoms with Gasteiger partial charge in [0.1, 0.15) is 11.5 Å². The van der Waals surface area contributed by atoms with Crippen LogP contribution < -0.4 is 10.6 Å². The lowest BCUT2D eigenvalue weighted by atomic mass is 10.1. The van der Waals surface area contributed by atoms with Crippen molar-refractivity contribution >= 4 is 11.7 Å². The molecule has 3 rings (SSSR count). The summed E-state index contributed by atoms with van der Waals surface area (Å²) in [6.45, 7) is 1.40. The Hall–Kier alpha value is -2.47. The van der Waals surface area contributed by atoms with Gasteiger partial charge in [0.05, 0.1) is 0 Å². The standard InChI is InChI=1S/C22H30N4O2/c1-28-15-9-14-23-20-16-19(22(27)24-18-12-7-2-3-8-13-18)25-21(26-20)17-10-5-4-6-11-17/h4-6,10-11,16,18H,2-3,7-9,12-15H2,1H3,(H,24,27)(H,23,25,26). The van der Waals surface area contributed by atoms with Crippen LogP contribution >= 0.6 is 0 Å². The van der Waals surface area contributed by atoms with Crippen molar-refractivity contribution in [1.82, 2.24) is 15.3 Å². The summed E-state index contributed by atoms with van der Waals surface area (Å²) in [6.07, 6.45) is 7.83. The molecule has 2 N–H and O–H groups in total. The molecule has 1 heterocycles. The molecule has 0 aliphatic heterocycles. The fourth-order valence-corrected chi connectivity index (χ4v) is 3.49. The molecule has 150 valence electrons. The van der Waals surface area contributed by atoms with Crippen molar-refractivity contribution in [1.29, 1.82) is 0 Å². The number of ether oxygens (including phenoxy) is 1. The summed E-state index contributed by atoms with van der Waals surface area (Å²) in [4.78, 5) is 22.0. The first-order valence-corrected chi connectivity index (χ1v) is 10.2. The van der Waals surface area contributed by atoms with Crippen molar-refractivity contribution in [2.75, 3.05) is 25.6 Å². The number of carbonyl (C=O) groups excluding carboxylic acids is 1. The van der Waals surface area contributed by atoms with Crippen LogP contribution in [0.2, 0.25) is 0 Å². The molecule has 6 nitrogen and oxygen atoms in total. The molecule has 28 heavy (non-hydrogen) atoms. The van der Waals surface area contributed by atoms with Crippen LogP contribution in [0.15, 0.2) is 36.4 Å². The van der Waals surface area contributed by atoms with Gasteiger partial charge in [-0.3, -0.25) is 4.79 Å². The third-order valence-electron chi connectivity index (χ3n) is 5.01. The van der Waals surface area contributed by atoms with Crippen LogP contribution in [-0.4, -0.2) is 42.2 Å². The monoisotopic (exact) mass is 382 g/mol. The summed E-state index contributed by atoms with van der Waals surface area (Å²) in [7, 11) is 1.69. The lowest BCUT2D eigenvalue weighted by molar-refractivity contribution is 0.0928. The number of hydrogen-bond donors (Lipinski definition) is 2. The minimum absolute atomic E-state index is 0.119. The molecule has 2 aromatic rings. The lowest BCUT2D eigenvalue weighted by Gasteiger charge is -2.16. The highest BCUT2D eigenvalue weighted by atomic mass is 16.5. The SMILES string of the molecule is COCCCNc1cc(C(=O)NC2CCCCCC2)nc(-c2ccccc2)n1. The number of amides is 1. The van der Waals surface area contributed by atoms with Gasteiger partial charge in [-0.05, 0) is 19.3 Å². The average Bonchev–Trinajstić information content (AvgIpc) is 3.00. The van der Waals surface area contributed by atoms with Crippen LogP contribution in [0.25, 0.3) is 11.4 Å². The second kappa shape index (κ2) is 10.8. The highest BCUT2D eigenvalue weighted by molar-refractivity contribution is 5.93. The molecule has 1 aliphatic carbocycles. The Bertz CT molecular complexity index is 743. The first kappa shape index (κ1) is 20.3. The van der Waals surface area contributed by atoms with Gasteiger partial charge in [-0.25, -0.2) is 9.97 Å². The summed E-state index contributed by atoms with van der Waals surface area (Å²) in [5, 5.41) is 6.47. The molecule has 1 aliphatic rings. The van der Waals surface area contributed by atoms with Crippen molar-refractivity contribution in [3.05, 3.63) is 42.1 Å². The van der Waals surface area contributed by atoms with Gasteiger partial charge in [0.25, 0.3) is 5.91 Å². The number of hydrogen-bond acceptors (Lipinski definition) is 5. The molecule has 1 fully saturated rings. The summed E-state index contributed by atoms with van der Waals surface area (Å²) in [6, 6.07) is 11.7. The number of methoxy groups -OCH3 is 1. The smallest absolute Gasteiger partial charge is 0.270 e. The van der Waals surface area contributed by atoms with Gasteiger partial charge in [-0.1, -0.05) is 56.0 Å². The molecule has 0 bridgehead atoms. The summed E-state index contributed by atoms with van der Waals surface area (Å²) in [5.74, 6) is 1.10. The minimum Gasteiger partial charge on any atom is -0.385 e. The van der Waals surface area contributed by atoms with E-state index in [1.807, 2.05) is 30.3 Å². The van der Waals surface area contributed by atoms with E-state index in [0.29, 0.717) is 23.9 Å². The average molecular weight is 383 g/mol. The zero-order valence-electron chi connectivity index (χ0n) is 16.6. The van der Waals surface area contributed by atoms with E-state index in [1.165, 1.54) is 25.7 Å². The Morgan fingerprint density at radius 3 is 2.57 bits per heavy atom. The van der Waals surface area contributed by atoms with E-state index in [9.17, 15) is 4.79 Å². The Kier molecular flexibility index (Phi) is 7.79. The molecule has 0 spiro atoms.